The van der Waals surface area contributed by atoms with Crippen LogP contribution in [0.2, 0.25) is 0 Å². The second-order valence-corrected chi connectivity index (χ2v) is 8.76. The molecule has 1 fully saturated rings. The maximum Gasteiger partial charge on any atom is 0.326 e. The Labute approximate surface area is 206 Å². The highest BCUT2D eigenvalue weighted by molar-refractivity contribution is 5.94. The second kappa shape index (κ2) is 11.0. The first-order chi connectivity index (χ1) is 17.4. The van der Waals surface area contributed by atoms with Gasteiger partial charge < -0.3 is 36.3 Å². The number of para-hydroxylation sites is 1. The van der Waals surface area contributed by atoms with Crippen molar-refractivity contribution in [3.63, 3.8) is 0 Å². The number of fused-ring (bicyclic) bond motifs is 1. The number of carboxylic acid groups (broad SMARTS) is 1. The molecule has 4 rings (SSSR count). The van der Waals surface area contributed by atoms with Crippen molar-refractivity contribution in [1.29, 1.82) is 0 Å². The molecule has 3 atom stereocenters. The Kier molecular flexibility index (Phi) is 7.64. The highest BCUT2D eigenvalue weighted by Gasteiger charge is 2.39. The Morgan fingerprint density at radius 3 is 2.67 bits per heavy atom. The number of rotatable bonds is 10. The van der Waals surface area contributed by atoms with Gasteiger partial charge in [-0.25, -0.2) is 9.78 Å². The lowest BCUT2D eigenvalue weighted by atomic mass is 10.0. The molecule has 1 saturated heterocycles. The van der Waals surface area contributed by atoms with Gasteiger partial charge in [0.2, 0.25) is 17.7 Å². The van der Waals surface area contributed by atoms with E-state index in [1.165, 1.54) is 17.4 Å². The summed E-state index contributed by atoms with van der Waals surface area (Å²) >= 11 is 0. The van der Waals surface area contributed by atoms with E-state index in [0.717, 1.165) is 16.5 Å². The first kappa shape index (κ1) is 24.9. The second-order valence-electron chi connectivity index (χ2n) is 8.76. The predicted octanol–water partition coefficient (Wildman–Crippen LogP) is -0.320. The minimum Gasteiger partial charge on any atom is -0.480 e. The maximum absolute atomic E-state index is 13.6. The van der Waals surface area contributed by atoms with Crippen molar-refractivity contribution in [3.8, 4) is 0 Å². The monoisotopic (exact) mass is 495 g/mol. The average molecular weight is 496 g/mol. The van der Waals surface area contributed by atoms with Crippen LogP contribution in [0.5, 0.6) is 0 Å². The van der Waals surface area contributed by atoms with Crippen LogP contribution in [0.1, 0.15) is 24.1 Å². The number of carbonyl (C=O) groups excluding carboxylic acids is 3. The highest BCUT2D eigenvalue weighted by atomic mass is 16.4. The number of aromatic nitrogens is 3. The first-order valence-electron chi connectivity index (χ1n) is 11.7. The minimum atomic E-state index is -1.19. The third kappa shape index (κ3) is 5.54. The number of nitrogens with zero attached hydrogens (tertiary/aromatic N) is 2. The van der Waals surface area contributed by atoms with E-state index in [1.807, 2.05) is 24.3 Å². The van der Waals surface area contributed by atoms with E-state index in [2.05, 4.69) is 25.6 Å². The third-order valence-electron chi connectivity index (χ3n) is 6.35. The Bertz CT molecular complexity index is 1240. The molecular formula is C24H29N7O5. The van der Waals surface area contributed by atoms with Crippen LogP contribution in [0.25, 0.3) is 10.9 Å². The fourth-order valence-electron chi connectivity index (χ4n) is 4.56. The largest absolute Gasteiger partial charge is 0.480 e. The van der Waals surface area contributed by atoms with Gasteiger partial charge in [-0.3, -0.25) is 14.4 Å². The number of carbonyl (C=O) groups is 4. The number of aromatic amines is 2. The number of hydrogen-bond donors (Lipinski definition) is 6. The summed E-state index contributed by atoms with van der Waals surface area (Å²) in [6.07, 6.45) is 5.90. The summed E-state index contributed by atoms with van der Waals surface area (Å²) in [4.78, 5) is 61.9. The van der Waals surface area contributed by atoms with Crippen LogP contribution in [0, 0.1) is 0 Å². The molecule has 3 aromatic rings. The molecular weight excluding hydrogens is 466 g/mol. The SMILES string of the molecule is NCC(=O)NC(Cc1c[nH]c2ccccc12)C(=O)N1CCCC1C(=O)NC(Cc1cnc[nH]1)C(=O)O. The fourth-order valence-corrected chi connectivity index (χ4v) is 4.56. The number of aliphatic carboxylic acids is 1. The Hall–Kier alpha value is -4.19. The zero-order valence-electron chi connectivity index (χ0n) is 19.6. The van der Waals surface area contributed by atoms with Crippen LogP contribution >= 0.6 is 0 Å². The molecule has 12 nitrogen and oxygen atoms in total. The van der Waals surface area contributed by atoms with Gasteiger partial charge in [0.05, 0.1) is 12.9 Å². The summed E-state index contributed by atoms with van der Waals surface area (Å²) in [5.74, 6) is -2.65. The molecule has 0 saturated carbocycles. The summed E-state index contributed by atoms with van der Waals surface area (Å²) < 4.78 is 0. The summed E-state index contributed by atoms with van der Waals surface area (Å²) in [5.41, 5.74) is 7.78. The molecule has 2 aromatic heterocycles. The number of benzene rings is 1. The number of amides is 3. The Morgan fingerprint density at radius 1 is 1.14 bits per heavy atom. The summed E-state index contributed by atoms with van der Waals surface area (Å²) in [6.45, 7) is 0.0353. The number of likely N-dealkylation sites (tertiary alicyclic amines) is 1. The molecule has 0 radical (unpaired) electrons. The van der Waals surface area contributed by atoms with E-state index in [0.29, 0.717) is 25.1 Å². The molecule has 12 heteroatoms. The molecule has 1 aromatic carbocycles. The van der Waals surface area contributed by atoms with Crippen molar-refractivity contribution in [2.24, 2.45) is 5.73 Å². The Balaban J connectivity index is 1.50. The number of nitrogens with two attached hydrogens (primary N) is 1. The lowest BCUT2D eigenvalue weighted by Gasteiger charge is -2.29. The number of H-pyrrole nitrogens is 2. The third-order valence-corrected chi connectivity index (χ3v) is 6.35. The van der Waals surface area contributed by atoms with Crippen LogP contribution in [0.15, 0.2) is 43.0 Å². The molecule has 3 unspecified atom stereocenters. The van der Waals surface area contributed by atoms with Crippen molar-refractivity contribution < 1.29 is 24.3 Å². The molecule has 36 heavy (non-hydrogen) atoms. The van der Waals surface area contributed by atoms with Gasteiger partial charge in [-0.05, 0) is 24.5 Å². The van der Waals surface area contributed by atoms with Crippen LogP contribution in [-0.2, 0) is 32.0 Å². The van der Waals surface area contributed by atoms with Gasteiger partial charge in [-0.2, -0.15) is 0 Å². The molecule has 1 aliphatic rings. The predicted molar refractivity (Wildman–Crippen MR) is 130 cm³/mol. The van der Waals surface area contributed by atoms with Crippen LogP contribution in [-0.4, -0.2) is 79.9 Å². The first-order valence-corrected chi connectivity index (χ1v) is 11.7. The molecule has 1 aliphatic heterocycles. The van der Waals surface area contributed by atoms with E-state index < -0.39 is 41.8 Å². The van der Waals surface area contributed by atoms with E-state index in [9.17, 15) is 24.3 Å². The fraction of sp³-hybridized carbons (Fsp3) is 0.375. The van der Waals surface area contributed by atoms with E-state index in [1.54, 1.807) is 6.20 Å². The summed E-state index contributed by atoms with van der Waals surface area (Å²) in [5, 5.41) is 15.8. The number of nitrogens with one attached hydrogen (secondary N) is 4. The Morgan fingerprint density at radius 2 is 1.94 bits per heavy atom. The van der Waals surface area contributed by atoms with Crippen molar-refractivity contribution >= 4 is 34.6 Å². The lowest BCUT2D eigenvalue weighted by molar-refractivity contribution is -0.144. The van der Waals surface area contributed by atoms with Crippen molar-refractivity contribution in [2.75, 3.05) is 13.1 Å². The summed E-state index contributed by atoms with van der Waals surface area (Å²) in [6, 6.07) is 4.65. The molecule has 3 amide bonds. The lowest BCUT2D eigenvalue weighted by Crippen LogP contribution is -2.56. The molecule has 0 aliphatic carbocycles. The van der Waals surface area contributed by atoms with Gasteiger partial charge >= 0.3 is 5.97 Å². The van der Waals surface area contributed by atoms with Crippen molar-refractivity contribution in [2.45, 2.75) is 43.8 Å². The smallest absolute Gasteiger partial charge is 0.326 e. The van der Waals surface area contributed by atoms with Crippen molar-refractivity contribution in [3.05, 3.63) is 54.2 Å². The topological polar surface area (TPSA) is 186 Å². The van der Waals surface area contributed by atoms with Gasteiger partial charge in [-0.15, -0.1) is 0 Å². The standard InChI is InChI=1S/C24H29N7O5/c25-10-21(32)29-18(8-14-11-27-17-5-2-1-4-16(14)17)23(34)31-7-3-6-20(31)22(33)30-19(24(35)36)9-15-12-26-13-28-15/h1-2,4-5,11-13,18-20,27H,3,6-10,25H2,(H,26,28)(H,29,32)(H,30,33)(H,35,36). The van der Waals surface area contributed by atoms with Gasteiger partial charge in [0.25, 0.3) is 0 Å². The molecule has 190 valence electrons. The normalized spacial score (nSPS) is 17.0. The van der Waals surface area contributed by atoms with Crippen LogP contribution in [0.3, 0.4) is 0 Å². The van der Waals surface area contributed by atoms with Gasteiger partial charge in [-0.1, -0.05) is 18.2 Å². The number of imidazole rings is 1. The van der Waals surface area contributed by atoms with E-state index in [-0.39, 0.29) is 19.4 Å². The number of carboxylic acids is 1. The van der Waals surface area contributed by atoms with E-state index >= 15 is 0 Å². The molecule has 3 heterocycles. The van der Waals surface area contributed by atoms with Crippen LogP contribution in [0.4, 0.5) is 0 Å². The van der Waals surface area contributed by atoms with E-state index in [4.69, 9.17) is 5.73 Å². The zero-order valence-corrected chi connectivity index (χ0v) is 19.6. The van der Waals surface area contributed by atoms with Crippen molar-refractivity contribution in [1.82, 2.24) is 30.5 Å². The molecule has 0 spiro atoms. The van der Waals surface area contributed by atoms with Gasteiger partial charge in [0.1, 0.15) is 18.1 Å². The van der Waals surface area contributed by atoms with Crippen LogP contribution < -0.4 is 16.4 Å². The zero-order chi connectivity index (χ0) is 25.7. The van der Waals surface area contributed by atoms with Gasteiger partial charge in [0.15, 0.2) is 0 Å². The molecule has 7 N–H and O–H groups in total. The summed E-state index contributed by atoms with van der Waals surface area (Å²) in [7, 11) is 0. The maximum atomic E-state index is 13.6. The van der Waals surface area contributed by atoms with Gasteiger partial charge in [0, 0.05) is 48.4 Å². The quantitative estimate of drug-likeness (QED) is 0.222. The molecule has 0 bridgehead atoms. The average Bonchev–Trinajstić information content (AvgIpc) is 3.64. The number of hydrogen-bond acceptors (Lipinski definition) is 6. The minimum absolute atomic E-state index is 0.0253. The highest BCUT2D eigenvalue weighted by Crippen LogP contribution is 2.23.